The summed E-state index contributed by atoms with van der Waals surface area (Å²) in [7, 11) is 0. The van der Waals surface area contributed by atoms with Gasteiger partial charge in [0.05, 0.1) is 18.0 Å². The van der Waals surface area contributed by atoms with E-state index in [4.69, 9.17) is 0 Å². The Morgan fingerprint density at radius 1 is 1.22 bits per heavy atom. The molecule has 0 saturated carbocycles. The molecule has 3 rings (SSSR count). The van der Waals surface area contributed by atoms with Gasteiger partial charge in [-0.15, -0.1) is 13.2 Å². The van der Waals surface area contributed by atoms with Gasteiger partial charge in [-0.1, -0.05) is 30.4 Å². The molecule has 2 saturated heterocycles. The molecule has 32 heavy (non-hydrogen) atoms. The number of halogens is 3. The number of hydrogen-bond acceptors (Lipinski definition) is 3. The lowest BCUT2D eigenvalue weighted by molar-refractivity contribution is -0.141. The second kappa shape index (κ2) is 9.90. The fraction of sp³-hybridized carbons (Fsp3) is 0.500. The largest absolute Gasteiger partial charge is 0.416 e. The summed E-state index contributed by atoms with van der Waals surface area (Å²) in [6.07, 6.45) is 2.19. The number of amides is 2. The van der Waals surface area contributed by atoms with Gasteiger partial charge in [0.25, 0.3) is 0 Å². The second-order valence-corrected chi connectivity index (χ2v) is 8.54. The molecule has 0 spiro atoms. The molecule has 174 valence electrons. The molecule has 1 atom stereocenters. The Hall–Kier alpha value is -2.61. The molecule has 8 heteroatoms. The molecule has 2 amide bonds. The Bertz CT molecular complexity index is 858. The summed E-state index contributed by atoms with van der Waals surface area (Å²) in [6.45, 7) is 9.30. The molecular weight excluding hydrogens is 419 g/mol. The van der Waals surface area contributed by atoms with Crippen LogP contribution < -0.4 is 5.32 Å². The minimum absolute atomic E-state index is 0.0131. The van der Waals surface area contributed by atoms with E-state index in [1.54, 1.807) is 11.0 Å². The molecule has 2 aliphatic heterocycles. The van der Waals surface area contributed by atoms with Crippen molar-refractivity contribution in [2.45, 2.75) is 56.4 Å². The van der Waals surface area contributed by atoms with Crippen LogP contribution in [-0.2, 0) is 22.3 Å². The molecule has 2 fully saturated rings. The Kier molecular flexibility index (Phi) is 7.44. The quantitative estimate of drug-likeness (QED) is 0.613. The summed E-state index contributed by atoms with van der Waals surface area (Å²) in [6, 6.07) is 4.38. The average Bonchev–Trinajstić information content (AvgIpc) is 3.14. The van der Waals surface area contributed by atoms with Gasteiger partial charge in [0.2, 0.25) is 11.8 Å². The minimum atomic E-state index is -4.43. The van der Waals surface area contributed by atoms with Crippen molar-refractivity contribution in [1.82, 2.24) is 15.1 Å². The van der Waals surface area contributed by atoms with Crippen LogP contribution in [0.4, 0.5) is 13.2 Å². The van der Waals surface area contributed by atoms with Gasteiger partial charge in [0.1, 0.15) is 0 Å². The lowest BCUT2D eigenvalue weighted by atomic mass is 9.87. The summed E-state index contributed by atoms with van der Waals surface area (Å²) in [5.41, 5.74) is -0.627. The van der Waals surface area contributed by atoms with Gasteiger partial charge in [-0.2, -0.15) is 13.2 Å². The molecule has 1 aromatic carbocycles. The van der Waals surface area contributed by atoms with Crippen molar-refractivity contribution in [3.8, 4) is 0 Å². The van der Waals surface area contributed by atoms with E-state index >= 15 is 0 Å². The smallest absolute Gasteiger partial charge is 0.353 e. The Balaban J connectivity index is 1.77. The van der Waals surface area contributed by atoms with E-state index in [1.165, 1.54) is 6.07 Å². The van der Waals surface area contributed by atoms with Crippen molar-refractivity contribution in [2.24, 2.45) is 0 Å². The molecule has 0 aromatic heterocycles. The van der Waals surface area contributed by atoms with Crippen molar-refractivity contribution >= 4 is 11.8 Å². The molecule has 2 heterocycles. The van der Waals surface area contributed by atoms with E-state index in [0.717, 1.165) is 25.0 Å². The number of nitrogens with one attached hydrogen (secondary N) is 1. The Labute approximate surface area is 186 Å². The molecule has 0 aliphatic carbocycles. The maximum atomic E-state index is 13.3. The van der Waals surface area contributed by atoms with Gasteiger partial charge in [0.15, 0.2) is 0 Å². The molecule has 2 aliphatic rings. The first-order valence-corrected chi connectivity index (χ1v) is 10.9. The van der Waals surface area contributed by atoms with Crippen LogP contribution in [0.5, 0.6) is 0 Å². The molecule has 1 unspecified atom stereocenters. The van der Waals surface area contributed by atoms with Gasteiger partial charge in [-0.3, -0.25) is 14.5 Å². The third-order valence-electron chi connectivity index (χ3n) is 6.40. The number of alkyl halides is 3. The van der Waals surface area contributed by atoms with Gasteiger partial charge in [-0.05, 0) is 37.3 Å². The summed E-state index contributed by atoms with van der Waals surface area (Å²) in [4.78, 5) is 29.6. The van der Waals surface area contributed by atoms with Crippen molar-refractivity contribution in [2.75, 3.05) is 19.6 Å². The van der Waals surface area contributed by atoms with E-state index in [1.807, 2.05) is 17.1 Å². The Morgan fingerprint density at radius 2 is 1.94 bits per heavy atom. The molecular formula is C24H30F3N3O2. The zero-order valence-corrected chi connectivity index (χ0v) is 18.2. The van der Waals surface area contributed by atoms with Crippen LogP contribution in [-0.4, -0.2) is 52.8 Å². The maximum absolute atomic E-state index is 13.3. The van der Waals surface area contributed by atoms with Crippen LogP contribution in [0, 0.1) is 0 Å². The summed E-state index contributed by atoms with van der Waals surface area (Å²) < 4.78 is 39.3. The van der Waals surface area contributed by atoms with Gasteiger partial charge in [0, 0.05) is 31.7 Å². The number of carbonyl (C=O) groups is 2. The first-order chi connectivity index (χ1) is 15.2. The number of likely N-dealkylation sites (tertiary alicyclic amines) is 1. The van der Waals surface area contributed by atoms with Crippen molar-refractivity contribution < 1.29 is 22.8 Å². The minimum Gasteiger partial charge on any atom is -0.353 e. The number of benzene rings is 1. The second-order valence-electron chi connectivity index (χ2n) is 8.54. The van der Waals surface area contributed by atoms with Crippen LogP contribution >= 0.6 is 0 Å². The predicted octanol–water partition coefficient (Wildman–Crippen LogP) is 3.91. The first-order valence-electron chi connectivity index (χ1n) is 10.9. The number of nitrogens with zero attached hydrogens (tertiary/aromatic N) is 2. The van der Waals surface area contributed by atoms with E-state index < -0.39 is 17.8 Å². The monoisotopic (exact) mass is 449 g/mol. The summed E-state index contributed by atoms with van der Waals surface area (Å²) in [5.74, 6) is -0.392. The lowest BCUT2D eigenvalue weighted by Crippen LogP contribution is -2.57. The standard InChI is InChI=1S/C24H30F3N3O2/c1-3-9-23(10-4-2)11-6-13-30(23)21(31)16-20-22(32)28-12-14-29(20)17-18-7-5-8-19(15-18)24(25,26)27/h3-5,7-8,15,20H,1-2,6,9-14,16-17H2,(H,28,32). The highest BCUT2D eigenvalue weighted by Gasteiger charge is 2.43. The van der Waals surface area contributed by atoms with Crippen LogP contribution in [0.1, 0.15) is 43.2 Å². The van der Waals surface area contributed by atoms with Gasteiger partial charge in [-0.25, -0.2) is 0 Å². The highest BCUT2D eigenvalue weighted by atomic mass is 19.4. The van der Waals surface area contributed by atoms with Crippen LogP contribution in [0.25, 0.3) is 0 Å². The molecule has 0 bridgehead atoms. The van der Waals surface area contributed by atoms with Crippen LogP contribution in [0.15, 0.2) is 49.6 Å². The highest BCUT2D eigenvalue weighted by Crippen LogP contribution is 2.37. The fourth-order valence-electron chi connectivity index (χ4n) is 4.90. The van der Waals surface area contributed by atoms with Crippen LogP contribution in [0.2, 0.25) is 0 Å². The summed E-state index contributed by atoms with van der Waals surface area (Å²) in [5, 5.41) is 2.79. The number of rotatable bonds is 8. The van der Waals surface area contributed by atoms with E-state index in [2.05, 4.69) is 18.5 Å². The number of piperazine rings is 1. The maximum Gasteiger partial charge on any atom is 0.416 e. The van der Waals surface area contributed by atoms with Crippen molar-refractivity contribution in [3.05, 3.63) is 60.7 Å². The highest BCUT2D eigenvalue weighted by molar-refractivity contribution is 5.89. The lowest BCUT2D eigenvalue weighted by Gasteiger charge is -2.40. The van der Waals surface area contributed by atoms with Crippen molar-refractivity contribution in [1.29, 1.82) is 0 Å². The van der Waals surface area contributed by atoms with Gasteiger partial charge < -0.3 is 10.2 Å². The molecule has 1 aromatic rings. The normalized spacial score (nSPS) is 21.3. The topological polar surface area (TPSA) is 52.7 Å². The van der Waals surface area contributed by atoms with Crippen LogP contribution in [0.3, 0.4) is 0 Å². The third kappa shape index (κ3) is 5.23. The average molecular weight is 450 g/mol. The molecule has 1 N–H and O–H groups in total. The van der Waals surface area contributed by atoms with E-state index in [-0.39, 0.29) is 30.3 Å². The van der Waals surface area contributed by atoms with Gasteiger partial charge >= 0.3 is 6.18 Å². The van der Waals surface area contributed by atoms with E-state index in [0.29, 0.717) is 38.0 Å². The number of hydrogen-bond donors (Lipinski definition) is 1. The fourth-order valence-corrected chi connectivity index (χ4v) is 4.90. The molecule has 0 radical (unpaired) electrons. The first kappa shape index (κ1) is 24.0. The van der Waals surface area contributed by atoms with E-state index in [9.17, 15) is 22.8 Å². The molecule has 5 nitrogen and oxygen atoms in total. The third-order valence-corrected chi connectivity index (χ3v) is 6.40. The zero-order chi connectivity index (χ0) is 23.4. The zero-order valence-electron chi connectivity index (χ0n) is 18.2. The summed E-state index contributed by atoms with van der Waals surface area (Å²) >= 11 is 0. The Morgan fingerprint density at radius 3 is 2.59 bits per heavy atom. The number of carbonyl (C=O) groups excluding carboxylic acids is 2. The predicted molar refractivity (Wildman–Crippen MR) is 117 cm³/mol. The SMILES string of the molecule is C=CCC1(CC=C)CCCN1C(=O)CC1C(=O)NCCN1Cc1cccc(C(F)(F)F)c1. The van der Waals surface area contributed by atoms with Crippen molar-refractivity contribution in [3.63, 3.8) is 0 Å².